The molecule has 0 N–H and O–H groups in total. The van der Waals surface area contributed by atoms with Gasteiger partial charge in [-0.05, 0) is 29.8 Å². The maximum Gasteiger partial charge on any atom is 0.185 e. The van der Waals surface area contributed by atoms with E-state index in [1.165, 1.54) is 24.4 Å². The van der Waals surface area contributed by atoms with Gasteiger partial charge in [0.15, 0.2) is 5.78 Å². The number of halogens is 1. The van der Waals surface area contributed by atoms with E-state index in [2.05, 4.69) is 4.98 Å². The Morgan fingerprint density at radius 3 is 2.78 bits per heavy atom. The highest BCUT2D eigenvalue weighted by Crippen LogP contribution is 2.20. The lowest BCUT2D eigenvalue weighted by Crippen LogP contribution is -2.11. The number of rotatable bonds is 3. The van der Waals surface area contributed by atoms with Gasteiger partial charge in [-0.1, -0.05) is 12.1 Å². The van der Waals surface area contributed by atoms with Gasteiger partial charge in [0, 0.05) is 18.0 Å². The molecule has 4 heteroatoms. The van der Waals surface area contributed by atoms with Crippen LogP contribution in [0.3, 0.4) is 0 Å². The third-order valence-electron chi connectivity index (χ3n) is 2.52. The highest BCUT2D eigenvalue weighted by molar-refractivity contribution is 6.02. The second kappa shape index (κ2) is 5.19. The molecule has 1 aromatic heterocycles. The summed E-state index contributed by atoms with van der Waals surface area (Å²) >= 11 is 0. The van der Waals surface area contributed by atoms with Gasteiger partial charge in [-0.2, -0.15) is 5.26 Å². The van der Waals surface area contributed by atoms with E-state index in [9.17, 15) is 9.18 Å². The standard InChI is InChI=1S/C14H9FN2O/c15-12-5-1-3-10(7-12)13(8-16)14(18)11-4-2-6-17-9-11/h1-7,9,13H. The molecule has 0 radical (unpaired) electrons. The molecule has 0 spiro atoms. The normalized spacial score (nSPS) is 11.6. The summed E-state index contributed by atoms with van der Waals surface area (Å²) in [5.41, 5.74) is 0.694. The molecule has 88 valence electrons. The molecule has 2 rings (SSSR count). The SMILES string of the molecule is N#CC(C(=O)c1cccnc1)c1cccc(F)c1. The Balaban J connectivity index is 2.36. The zero-order valence-corrected chi connectivity index (χ0v) is 9.38. The van der Waals surface area contributed by atoms with Crippen molar-refractivity contribution in [2.45, 2.75) is 5.92 Å². The van der Waals surface area contributed by atoms with E-state index in [1.807, 2.05) is 6.07 Å². The van der Waals surface area contributed by atoms with E-state index < -0.39 is 11.7 Å². The summed E-state index contributed by atoms with van der Waals surface area (Å²) in [6.45, 7) is 0. The van der Waals surface area contributed by atoms with Crippen LogP contribution in [-0.2, 0) is 0 Å². The van der Waals surface area contributed by atoms with Crippen LogP contribution in [-0.4, -0.2) is 10.8 Å². The number of pyridine rings is 1. The number of ketones is 1. The van der Waals surface area contributed by atoms with Crippen molar-refractivity contribution in [2.24, 2.45) is 0 Å². The van der Waals surface area contributed by atoms with Gasteiger partial charge in [-0.3, -0.25) is 9.78 Å². The molecular formula is C14H9FN2O. The Morgan fingerprint density at radius 2 is 2.17 bits per heavy atom. The lowest BCUT2D eigenvalue weighted by Gasteiger charge is -2.08. The minimum Gasteiger partial charge on any atom is -0.292 e. The summed E-state index contributed by atoms with van der Waals surface area (Å²) in [4.78, 5) is 15.9. The molecule has 1 heterocycles. The zero-order chi connectivity index (χ0) is 13.0. The van der Waals surface area contributed by atoms with Gasteiger partial charge in [-0.15, -0.1) is 0 Å². The predicted octanol–water partition coefficient (Wildman–Crippen LogP) is 2.71. The van der Waals surface area contributed by atoms with E-state index in [4.69, 9.17) is 5.26 Å². The fourth-order valence-corrected chi connectivity index (χ4v) is 1.65. The highest BCUT2D eigenvalue weighted by Gasteiger charge is 2.22. The average molecular weight is 240 g/mol. The number of hydrogen-bond donors (Lipinski definition) is 0. The van der Waals surface area contributed by atoms with Crippen molar-refractivity contribution < 1.29 is 9.18 Å². The van der Waals surface area contributed by atoms with E-state index in [0.29, 0.717) is 11.1 Å². The largest absolute Gasteiger partial charge is 0.292 e. The summed E-state index contributed by atoms with van der Waals surface area (Å²) in [7, 11) is 0. The monoisotopic (exact) mass is 240 g/mol. The van der Waals surface area contributed by atoms with Crippen LogP contribution in [0.1, 0.15) is 21.8 Å². The number of nitrogens with zero attached hydrogens (tertiary/aromatic N) is 2. The molecule has 0 saturated carbocycles. The molecule has 2 aromatic rings. The smallest absolute Gasteiger partial charge is 0.185 e. The molecule has 3 nitrogen and oxygen atoms in total. The summed E-state index contributed by atoms with van der Waals surface area (Å²) in [5, 5.41) is 9.09. The molecule has 0 bridgehead atoms. The van der Waals surface area contributed by atoms with Gasteiger partial charge < -0.3 is 0 Å². The Bertz CT molecular complexity index is 605. The molecule has 0 aliphatic heterocycles. The molecule has 1 atom stereocenters. The van der Waals surface area contributed by atoms with Crippen LogP contribution < -0.4 is 0 Å². The van der Waals surface area contributed by atoms with Crippen LogP contribution in [0.4, 0.5) is 4.39 Å². The van der Waals surface area contributed by atoms with Crippen molar-refractivity contribution in [3.8, 4) is 6.07 Å². The second-order valence-corrected chi connectivity index (χ2v) is 3.72. The minimum absolute atomic E-state index is 0.341. The summed E-state index contributed by atoms with van der Waals surface area (Å²) < 4.78 is 13.1. The van der Waals surface area contributed by atoms with Crippen molar-refractivity contribution in [2.75, 3.05) is 0 Å². The molecule has 0 aliphatic carbocycles. The third-order valence-corrected chi connectivity index (χ3v) is 2.52. The first-order valence-electron chi connectivity index (χ1n) is 5.31. The van der Waals surface area contributed by atoms with Gasteiger partial charge in [0.25, 0.3) is 0 Å². The van der Waals surface area contributed by atoms with Gasteiger partial charge >= 0.3 is 0 Å². The Hall–Kier alpha value is -2.54. The van der Waals surface area contributed by atoms with Crippen LogP contribution >= 0.6 is 0 Å². The molecule has 0 aliphatic rings. The Kier molecular flexibility index (Phi) is 3.44. The van der Waals surface area contributed by atoms with E-state index in [-0.39, 0.29) is 5.78 Å². The molecule has 1 unspecified atom stereocenters. The van der Waals surface area contributed by atoms with Crippen LogP contribution in [0, 0.1) is 17.1 Å². The van der Waals surface area contributed by atoms with Crippen molar-refractivity contribution >= 4 is 5.78 Å². The zero-order valence-electron chi connectivity index (χ0n) is 9.38. The summed E-state index contributed by atoms with van der Waals surface area (Å²) in [6.07, 6.45) is 2.94. The minimum atomic E-state index is -1.01. The van der Waals surface area contributed by atoms with Crippen LogP contribution in [0.25, 0.3) is 0 Å². The molecule has 0 fully saturated rings. The highest BCUT2D eigenvalue weighted by atomic mass is 19.1. The Morgan fingerprint density at radius 1 is 1.33 bits per heavy atom. The molecule has 18 heavy (non-hydrogen) atoms. The van der Waals surface area contributed by atoms with Crippen LogP contribution in [0.2, 0.25) is 0 Å². The second-order valence-electron chi connectivity index (χ2n) is 3.72. The maximum atomic E-state index is 13.1. The molecule has 0 saturated heterocycles. The predicted molar refractivity (Wildman–Crippen MR) is 63.3 cm³/mol. The van der Waals surface area contributed by atoms with Crippen molar-refractivity contribution in [3.63, 3.8) is 0 Å². The number of carbonyl (C=O) groups is 1. The van der Waals surface area contributed by atoms with E-state index in [1.54, 1.807) is 24.4 Å². The molecular weight excluding hydrogens is 231 g/mol. The molecule has 0 amide bonds. The molecule has 1 aromatic carbocycles. The number of benzene rings is 1. The van der Waals surface area contributed by atoms with E-state index in [0.717, 1.165) is 0 Å². The lowest BCUT2D eigenvalue weighted by atomic mass is 9.92. The van der Waals surface area contributed by atoms with Crippen LogP contribution in [0.15, 0.2) is 48.8 Å². The number of hydrogen-bond acceptors (Lipinski definition) is 3. The number of carbonyl (C=O) groups excluding carboxylic acids is 1. The number of aromatic nitrogens is 1. The van der Waals surface area contributed by atoms with Gasteiger partial charge in [0.1, 0.15) is 11.7 Å². The summed E-state index contributed by atoms with van der Waals surface area (Å²) in [6, 6.07) is 10.6. The third kappa shape index (κ3) is 2.41. The first-order chi connectivity index (χ1) is 8.72. The van der Waals surface area contributed by atoms with Gasteiger partial charge in [0.2, 0.25) is 0 Å². The van der Waals surface area contributed by atoms with Crippen molar-refractivity contribution in [3.05, 3.63) is 65.7 Å². The fourth-order valence-electron chi connectivity index (χ4n) is 1.65. The Labute approximate surface area is 104 Å². The number of nitriles is 1. The first kappa shape index (κ1) is 11.9. The van der Waals surface area contributed by atoms with Crippen molar-refractivity contribution in [1.29, 1.82) is 5.26 Å². The fraction of sp³-hybridized carbons (Fsp3) is 0.0714. The maximum absolute atomic E-state index is 13.1. The quantitative estimate of drug-likeness (QED) is 0.775. The van der Waals surface area contributed by atoms with Crippen LogP contribution in [0.5, 0.6) is 0 Å². The first-order valence-corrected chi connectivity index (χ1v) is 5.31. The van der Waals surface area contributed by atoms with E-state index >= 15 is 0 Å². The summed E-state index contributed by atoms with van der Waals surface area (Å²) in [5.74, 6) is -1.85. The van der Waals surface area contributed by atoms with Gasteiger partial charge in [0.05, 0.1) is 6.07 Å². The number of Topliss-reactive ketones (excluding diaryl/α,β-unsaturated/α-hetero) is 1. The van der Waals surface area contributed by atoms with Gasteiger partial charge in [-0.25, -0.2) is 4.39 Å². The van der Waals surface area contributed by atoms with Crippen molar-refractivity contribution in [1.82, 2.24) is 4.98 Å². The average Bonchev–Trinajstić information content (AvgIpc) is 2.40. The lowest BCUT2D eigenvalue weighted by molar-refractivity contribution is 0.0978. The topological polar surface area (TPSA) is 53.8 Å².